The number of aromatic nitrogens is 4. The lowest BCUT2D eigenvalue weighted by Gasteiger charge is -2.26. The van der Waals surface area contributed by atoms with Crippen LogP contribution < -0.4 is 4.90 Å². The Morgan fingerprint density at radius 1 is 1.38 bits per heavy atom. The van der Waals surface area contributed by atoms with Crippen molar-refractivity contribution in [1.82, 2.24) is 19.6 Å². The summed E-state index contributed by atoms with van der Waals surface area (Å²) in [6.45, 7) is 1.28. The number of rotatable bonds is 1. The van der Waals surface area contributed by atoms with Crippen LogP contribution in [0.3, 0.4) is 0 Å². The van der Waals surface area contributed by atoms with Gasteiger partial charge in [-0.3, -0.25) is 9.20 Å². The normalized spacial score (nSPS) is 17.0. The van der Waals surface area contributed by atoms with Gasteiger partial charge >= 0.3 is 0 Å². The first-order valence-corrected chi connectivity index (χ1v) is 5.25. The smallest absolute Gasteiger partial charge is 0.203 e. The van der Waals surface area contributed by atoms with E-state index in [0.717, 1.165) is 18.8 Å². The Bertz CT molecular complexity index is 535. The molecule has 0 bridgehead atoms. The Kier molecular flexibility index (Phi) is 2.05. The average Bonchev–Trinajstić information content (AvgIpc) is 2.76. The fourth-order valence-electron chi connectivity index (χ4n) is 1.99. The molecule has 0 atom stereocenters. The Morgan fingerprint density at radius 3 is 3.19 bits per heavy atom. The number of carbonyl (C=O) groups is 1. The van der Waals surface area contributed by atoms with Crippen molar-refractivity contribution in [2.45, 2.75) is 12.8 Å². The Morgan fingerprint density at radius 2 is 2.31 bits per heavy atom. The minimum Gasteiger partial charge on any atom is -0.346 e. The SMILES string of the molecule is O=C1CCCN(c2nccn3cnnc23)C1. The molecular formula is C10H11N5O. The van der Waals surface area contributed by atoms with Crippen LogP contribution in [0.4, 0.5) is 5.82 Å². The molecule has 3 rings (SSSR count). The maximum Gasteiger partial charge on any atom is 0.203 e. The van der Waals surface area contributed by atoms with E-state index < -0.39 is 0 Å². The minimum absolute atomic E-state index is 0.259. The second kappa shape index (κ2) is 3.55. The van der Waals surface area contributed by atoms with Gasteiger partial charge in [0.15, 0.2) is 11.6 Å². The lowest BCUT2D eigenvalue weighted by atomic mass is 10.1. The lowest BCUT2D eigenvalue weighted by molar-refractivity contribution is -0.118. The summed E-state index contributed by atoms with van der Waals surface area (Å²) in [7, 11) is 0. The quantitative estimate of drug-likeness (QED) is 0.687. The van der Waals surface area contributed by atoms with Crippen LogP contribution in [-0.4, -0.2) is 38.5 Å². The van der Waals surface area contributed by atoms with Gasteiger partial charge < -0.3 is 4.90 Å². The van der Waals surface area contributed by atoms with E-state index in [0.29, 0.717) is 18.6 Å². The van der Waals surface area contributed by atoms with Gasteiger partial charge in [-0.05, 0) is 6.42 Å². The Labute approximate surface area is 91.9 Å². The van der Waals surface area contributed by atoms with E-state index in [2.05, 4.69) is 15.2 Å². The van der Waals surface area contributed by atoms with Crippen LogP contribution in [0.25, 0.3) is 5.65 Å². The van der Waals surface area contributed by atoms with Crippen LogP contribution in [0.15, 0.2) is 18.7 Å². The highest BCUT2D eigenvalue weighted by Crippen LogP contribution is 2.19. The van der Waals surface area contributed by atoms with E-state index in [-0.39, 0.29) is 5.78 Å². The summed E-state index contributed by atoms with van der Waals surface area (Å²) in [6, 6.07) is 0. The van der Waals surface area contributed by atoms with Gasteiger partial charge in [-0.2, -0.15) is 0 Å². The summed E-state index contributed by atoms with van der Waals surface area (Å²) in [5, 5.41) is 7.85. The molecule has 3 heterocycles. The van der Waals surface area contributed by atoms with E-state index in [1.165, 1.54) is 0 Å². The Balaban J connectivity index is 2.04. The molecule has 0 N–H and O–H groups in total. The van der Waals surface area contributed by atoms with Gasteiger partial charge in [0, 0.05) is 25.4 Å². The highest BCUT2D eigenvalue weighted by molar-refractivity contribution is 5.85. The summed E-state index contributed by atoms with van der Waals surface area (Å²) in [5.41, 5.74) is 0.706. The first-order chi connectivity index (χ1) is 7.84. The van der Waals surface area contributed by atoms with Crippen molar-refractivity contribution in [3.63, 3.8) is 0 Å². The minimum atomic E-state index is 0.259. The maximum absolute atomic E-state index is 11.4. The summed E-state index contributed by atoms with van der Waals surface area (Å²) in [4.78, 5) is 17.7. The molecule has 1 aliphatic rings. The number of nitrogens with zero attached hydrogens (tertiary/aromatic N) is 5. The molecule has 82 valence electrons. The molecule has 0 saturated carbocycles. The third-order valence-electron chi connectivity index (χ3n) is 2.75. The molecule has 0 spiro atoms. The van der Waals surface area contributed by atoms with Crippen molar-refractivity contribution in [1.29, 1.82) is 0 Å². The van der Waals surface area contributed by atoms with Crippen molar-refractivity contribution in [3.8, 4) is 0 Å². The molecule has 6 nitrogen and oxygen atoms in total. The van der Waals surface area contributed by atoms with E-state index in [4.69, 9.17) is 0 Å². The molecule has 0 amide bonds. The molecule has 0 unspecified atom stereocenters. The van der Waals surface area contributed by atoms with Crippen molar-refractivity contribution in [2.24, 2.45) is 0 Å². The number of hydrogen-bond donors (Lipinski definition) is 0. The monoisotopic (exact) mass is 217 g/mol. The fraction of sp³-hybridized carbons (Fsp3) is 0.400. The molecule has 1 fully saturated rings. The standard InChI is InChI=1S/C10H11N5O/c16-8-2-1-4-14(6-8)9-10-13-12-7-15(10)5-3-11-9/h3,5,7H,1-2,4,6H2. The number of anilines is 1. The molecule has 0 aliphatic carbocycles. The summed E-state index contributed by atoms with van der Waals surface area (Å²) in [5.74, 6) is 1.00. The molecular weight excluding hydrogens is 206 g/mol. The first kappa shape index (κ1) is 9.26. The number of ketones is 1. The first-order valence-electron chi connectivity index (χ1n) is 5.25. The predicted molar refractivity (Wildman–Crippen MR) is 57.2 cm³/mol. The predicted octanol–water partition coefficient (Wildman–Crippen LogP) is 0.294. The third-order valence-corrected chi connectivity index (χ3v) is 2.75. The van der Waals surface area contributed by atoms with Crippen LogP contribution in [0.2, 0.25) is 0 Å². The number of hydrogen-bond acceptors (Lipinski definition) is 5. The van der Waals surface area contributed by atoms with Gasteiger partial charge in [-0.25, -0.2) is 4.98 Å². The van der Waals surface area contributed by atoms with Crippen LogP contribution in [0.5, 0.6) is 0 Å². The molecule has 0 radical (unpaired) electrons. The summed E-state index contributed by atoms with van der Waals surface area (Å²) < 4.78 is 1.81. The van der Waals surface area contributed by atoms with E-state index >= 15 is 0 Å². The van der Waals surface area contributed by atoms with Gasteiger partial charge in [0.25, 0.3) is 0 Å². The van der Waals surface area contributed by atoms with Crippen LogP contribution in [0, 0.1) is 0 Å². The zero-order valence-corrected chi connectivity index (χ0v) is 8.70. The maximum atomic E-state index is 11.4. The zero-order valence-electron chi connectivity index (χ0n) is 8.70. The average molecular weight is 217 g/mol. The largest absolute Gasteiger partial charge is 0.346 e. The highest BCUT2D eigenvalue weighted by atomic mass is 16.1. The van der Waals surface area contributed by atoms with Gasteiger partial charge in [0.2, 0.25) is 5.65 Å². The number of fused-ring (bicyclic) bond motifs is 1. The van der Waals surface area contributed by atoms with Crippen molar-refractivity contribution < 1.29 is 4.79 Å². The molecule has 2 aromatic rings. The number of carbonyl (C=O) groups excluding carboxylic acids is 1. The topological polar surface area (TPSA) is 63.4 Å². The van der Waals surface area contributed by atoms with Crippen LogP contribution in [0.1, 0.15) is 12.8 Å². The van der Waals surface area contributed by atoms with E-state index in [1.54, 1.807) is 23.1 Å². The van der Waals surface area contributed by atoms with Gasteiger partial charge in [0.05, 0.1) is 6.54 Å². The second-order valence-corrected chi connectivity index (χ2v) is 3.88. The number of piperidine rings is 1. The molecule has 1 aliphatic heterocycles. The molecule has 2 aromatic heterocycles. The van der Waals surface area contributed by atoms with Gasteiger partial charge in [-0.15, -0.1) is 10.2 Å². The van der Waals surface area contributed by atoms with Gasteiger partial charge in [-0.1, -0.05) is 0 Å². The summed E-state index contributed by atoms with van der Waals surface area (Å²) >= 11 is 0. The Hall–Kier alpha value is -1.98. The van der Waals surface area contributed by atoms with E-state index in [1.807, 2.05) is 4.90 Å². The molecule has 6 heteroatoms. The highest BCUT2D eigenvalue weighted by Gasteiger charge is 2.20. The molecule has 16 heavy (non-hydrogen) atoms. The molecule has 1 saturated heterocycles. The summed E-state index contributed by atoms with van der Waals surface area (Å²) in [6.07, 6.45) is 6.68. The van der Waals surface area contributed by atoms with Crippen molar-refractivity contribution in [3.05, 3.63) is 18.7 Å². The fourth-order valence-corrected chi connectivity index (χ4v) is 1.99. The van der Waals surface area contributed by atoms with Crippen LogP contribution in [-0.2, 0) is 4.79 Å². The van der Waals surface area contributed by atoms with Crippen molar-refractivity contribution >= 4 is 17.2 Å². The lowest BCUT2D eigenvalue weighted by Crippen LogP contribution is -2.36. The van der Waals surface area contributed by atoms with Crippen LogP contribution >= 0.6 is 0 Å². The molecule has 0 aromatic carbocycles. The zero-order chi connectivity index (χ0) is 11.0. The number of Topliss-reactive ketones (excluding diaryl/α,β-unsaturated/α-hetero) is 1. The third kappa shape index (κ3) is 1.42. The van der Waals surface area contributed by atoms with Gasteiger partial charge in [0.1, 0.15) is 6.33 Å². The van der Waals surface area contributed by atoms with E-state index in [9.17, 15) is 4.79 Å². The van der Waals surface area contributed by atoms with Crippen molar-refractivity contribution in [2.75, 3.05) is 18.0 Å². The second-order valence-electron chi connectivity index (χ2n) is 3.88.